The molecule has 4 unspecified atom stereocenters. The van der Waals surface area contributed by atoms with Crippen molar-refractivity contribution in [2.75, 3.05) is 33.9 Å². The summed E-state index contributed by atoms with van der Waals surface area (Å²) in [4.78, 5) is 59.6. The number of ether oxygens (including phenoxy) is 2. The maximum Gasteiger partial charge on any atom is 0.407 e. The van der Waals surface area contributed by atoms with Gasteiger partial charge in [-0.2, -0.15) is 0 Å². The largest absolute Gasteiger partial charge is 0.453 e. The quantitative estimate of drug-likeness (QED) is 0.0478. The number of aliphatic hydroxyl groups excluding tert-OH is 1. The van der Waals surface area contributed by atoms with Crippen molar-refractivity contribution in [3.63, 3.8) is 0 Å². The first-order valence-corrected chi connectivity index (χ1v) is 22.3. The van der Waals surface area contributed by atoms with Gasteiger partial charge in [-0.3, -0.25) is 14.5 Å². The lowest BCUT2D eigenvalue weighted by Crippen LogP contribution is -2.52. The lowest BCUT2D eigenvalue weighted by molar-refractivity contribution is -0.136. The first-order valence-electron chi connectivity index (χ1n) is 22.3. The van der Waals surface area contributed by atoms with E-state index < -0.39 is 24.4 Å². The van der Waals surface area contributed by atoms with E-state index in [0.717, 1.165) is 80.5 Å². The van der Waals surface area contributed by atoms with Crippen LogP contribution in [-0.4, -0.2) is 98.9 Å². The Morgan fingerprint density at radius 3 is 2.23 bits per heavy atom. The van der Waals surface area contributed by atoms with E-state index in [-0.39, 0.29) is 36.1 Å². The number of hydrogen-bond acceptors (Lipinski definition) is 9. The average Bonchev–Trinajstić information content (AvgIpc) is 3.97. The van der Waals surface area contributed by atoms with E-state index in [9.17, 15) is 19.5 Å². The van der Waals surface area contributed by atoms with E-state index >= 15 is 0 Å². The number of methoxy groups -OCH3 is 2. The number of fused-ring (bicyclic) bond motifs is 3. The summed E-state index contributed by atoms with van der Waals surface area (Å²) in [6.07, 6.45) is 0.989. The Bertz CT molecular complexity index is 2530. The SMILES string of the molecule is CCCN(Cc1nc(-c2ccc(-c3ccc4c(ccc5[nH]c(CN(CC(C)COC)C(=O)C(NC(=O)OC)C(C)C)nc54)c3)cc2)c(C)[nH]1)C(O)C(NC(=O)C1CC1)c1ccccc1. The molecule has 14 nitrogen and oxygen atoms in total. The Kier molecular flexibility index (Phi) is 14.8. The average molecular weight is 871 g/mol. The molecule has 14 heteroatoms. The van der Waals surface area contributed by atoms with Gasteiger partial charge in [0.25, 0.3) is 0 Å². The predicted molar refractivity (Wildman–Crippen MR) is 249 cm³/mol. The van der Waals surface area contributed by atoms with Crippen molar-refractivity contribution in [3.05, 3.63) is 108 Å². The van der Waals surface area contributed by atoms with Crippen LogP contribution in [0.15, 0.2) is 84.9 Å². The van der Waals surface area contributed by atoms with Crippen LogP contribution in [0.25, 0.3) is 44.2 Å². The summed E-state index contributed by atoms with van der Waals surface area (Å²) in [7, 11) is 2.92. The minimum Gasteiger partial charge on any atom is -0.453 e. The number of alkyl carbamates (subject to hydrolysis) is 1. The number of H-pyrrole nitrogens is 2. The number of aliphatic hydroxyl groups is 1. The second-order valence-electron chi connectivity index (χ2n) is 17.5. The van der Waals surface area contributed by atoms with Gasteiger partial charge in [0.15, 0.2) is 0 Å². The number of nitrogens with zero attached hydrogens (tertiary/aromatic N) is 4. The number of carbonyl (C=O) groups is 3. The lowest BCUT2D eigenvalue weighted by atomic mass is 9.99. The molecule has 3 amide bonds. The summed E-state index contributed by atoms with van der Waals surface area (Å²) in [6, 6.07) is 27.1. The van der Waals surface area contributed by atoms with E-state index in [0.29, 0.717) is 32.1 Å². The second kappa shape index (κ2) is 20.6. The van der Waals surface area contributed by atoms with Crippen molar-refractivity contribution in [2.24, 2.45) is 17.8 Å². The molecule has 0 radical (unpaired) electrons. The molecule has 0 spiro atoms. The molecule has 0 saturated heterocycles. The normalized spacial score (nSPS) is 14.7. The summed E-state index contributed by atoms with van der Waals surface area (Å²) in [5, 5.41) is 19.7. The van der Waals surface area contributed by atoms with E-state index in [1.54, 1.807) is 12.0 Å². The van der Waals surface area contributed by atoms with Gasteiger partial charge in [-0.05, 0) is 72.2 Å². The Morgan fingerprint density at radius 1 is 0.859 bits per heavy atom. The Labute approximate surface area is 375 Å². The molecule has 4 atom stereocenters. The van der Waals surface area contributed by atoms with Crippen LogP contribution < -0.4 is 10.6 Å². The third kappa shape index (κ3) is 10.8. The van der Waals surface area contributed by atoms with Crippen molar-refractivity contribution in [2.45, 2.75) is 85.3 Å². The van der Waals surface area contributed by atoms with Crippen molar-refractivity contribution >= 4 is 39.7 Å². The number of benzene rings is 4. The first kappa shape index (κ1) is 45.9. The van der Waals surface area contributed by atoms with Gasteiger partial charge in [-0.15, -0.1) is 0 Å². The minimum atomic E-state index is -0.951. The Hall–Kier alpha value is -6.09. The number of hydrogen-bond donors (Lipinski definition) is 5. The van der Waals surface area contributed by atoms with E-state index in [2.05, 4.69) is 76.1 Å². The van der Waals surface area contributed by atoms with Crippen LogP contribution in [0.1, 0.15) is 75.9 Å². The van der Waals surface area contributed by atoms with Gasteiger partial charge in [0.1, 0.15) is 23.9 Å². The zero-order chi connectivity index (χ0) is 45.5. The topological polar surface area (TPSA) is 178 Å². The number of aromatic nitrogens is 4. The van der Waals surface area contributed by atoms with Crippen molar-refractivity contribution < 1.29 is 29.0 Å². The minimum absolute atomic E-state index is 0.0111. The maximum atomic E-state index is 13.9. The van der Waals surface area contributed by atoms with E-state index in [1.807, 2.05) is 69.0 Å². The number of imidazole rings is 2. The maximum absolute atomic E-state index is 13.9. The molecule has 6 aromatic rings. The molecule has 338 valence electrons. The highest BCUT2D eigenvalue weighted by Crippen LogP contribution is 2.33. The lowest BCUT2D eigenvalue weighted by Gasteiger charge is -2.33. The van der Waals surface area contributed by atoms with E-state index in [4.69, 9.17) is 19.4 Å². The molecule has 0 aliphatic heterocycles. The van der Waals surface area contributed by atoms with Gasteiger partial charge in [0, 0.05) is 42.8 Å². The fraction of sp³-hybridized carbons (Fsp3) is 0.420. The molecular formula is C50H62N8O6. The molecule has 64 heavy (non-hydrogen) atoms. The number of aromatic amines is 2. The monoisotopic (exact) mass is 870 g/mol. The molecule has 4 aromatic carbocycles. The number of amides is 3. The van der Waals surface area contributed by atoms with Crippen LogP contribution in [0, 0.1) is 24.7 Å². The summed E-state index contributed by atoms with van der Waals surface area (Å²) >= 11 is 0. The van der Waals surface area contributed by atoms with Crippen molar-refractivity contribution in [1.82, 2.24) is 40.4 Å². The molecule has 2 aromatic heterocycles. The fourth-order valence-corrected chi connectivity index (χ4v) is 8.43. The second-order valence-corrected chi connectivity index (χ2v) is 17.5. The van der Waals surface area contributed by atoms with Crippen LogP contribution in [0.2, 0.25) is 0 Å². The Balaban J connectivity index is 1.07. The molecule has 1 aliphatic rings. The van der Waals surface area contributed by atoms with Gasteiger partial charge >= 0.3 is 6.09 Å². The van der Waals surface area contributed by atoms with Crippen LogP contribution >= 0.6 is 0 Å². The van der Waals surface area contributed by atoms with Crippen molar-refractivity contribution in [3.8, 4) is 22.4 Å². The number of carbonyl (C=O) groups excluding carboxylic acids is 3. The molecule has 0 bridgehead atoms. The van der Waals surface area contributed by atoms with Gasteiger partial charge in [0.2, 0.25) is 11.8 Å². The van der Waals surface area contributed by atoms with Gasteiger partial charge < -0.3 is 40.1 Å². The summed E-state index contributed by atoms with van der Waals surface area (Å²) in [5.74, 6) is 1.05. The van der Waals surface area contributed by atoms with Gasteiger partial charge in [-0.1, -0.05) is 100 Å². The highest BCUT2D eigenvalue weighted by Gasteiger charge is 2.35. The Morgan fingerprint density at radius 2 is 1.56 bits per heavy atom. The molecule has 1 saturated carbocycles. The molecule has 7 rings (SSSR count). The number of aryl methyl sites for hydroxylation is 1. The molecule has 1 aliphatic carbocycles. The van der Waals surface area contributed by atoms with Crippen LogP contribution in [0.4, 0.5) is 4.79 Å². The zero-order valence-corrected chi connectivity index (χ0v) is 38.0. The van der Waals surface area contributed by atoms with Gasteiger partial charge in [0.05, 0.1) is 49.6 Å². The zero-order valence-electron chi connectivity index (χ0n) is 38.0. The summed E-state index contributed by atoms with van der Waals surface area (Å²) in [6.45, 7) is 12.0. The number of rotatable bonds is 20. The fourth-order valence-electron chi connectivity index (χ4n) is 8.43. The molecular weight excluding hydrogens is 809 g/mol. The van der Waals surface area contributed by atoms with Crippen LogP contribution in [-0.2, 0) is 32.2 Å². The van der Waals surface area contributed by atoms with Crippen LogP contribution in [0.5, 0.6) is 0 Å². The predicted octanol–water partition coefficient (Wildman–Crippen LogP) is 7.87. The third-order valence-corrected chi connectivity index (χ3v) is 11.9. The van der Waals surface area contributed by atoms with Crippen LogP contribution in [0.3, 0.4) is 0 Å². The highest BCUT2D eigenvalue weighted by atomic mass is 16.5. The first-order chi connectivity index (χ1) is 30.9. The summed E-state index contributed by atoms with van der Waals surface area (Å²) < 4.78 is 10.2. The van der Waals surface area contributed by atoms with Crippen molar-refractivity contribution in [1.29, 1.82) is 0 Å². The van der Waals surface area contributed by atoms with E-state index in [1.165, 1.54) is 7.11 Å². The highest BCUT2D eigenvalue weighted by molar-refractivity contribution is 6.05. The smallest absolute Gasteiger partial charge is 0.407 e. The van der Waals surface area contributed by atoms with Gasteiger partial charge in [-0.25, -0.2) is 14.8 Å². The third-order valence-electron chi connectivity index (χ3n) is 11.9. The molecule has 1 fully saturated rings. The molecule has 5 N–H and O–H groups in total. The number of nitrogens with one attached hydrogen (secondary N) is 4. The molecule has 2 heterocycles. The standard InChI is InChI=1S/C50H62N8O6/c1-8-24-57(49(61)45(34-12-10-9-11-13-34)55-47(59)36-18-19-36)27-41-51-32(5)44(53-41)35-16-14-33(15-17-35)37-20-22-39-38(25-37)21-23-40-46(39)54-42(52-40)28-58(26-31(4)29-63-6)48(60)43(30(2)3)56-50(62)64-7/h9-17,20-23,25,30-31,36,43,45,49,61H,8,18-19,24,26-29H2,1-7H3,(H,51,53)(H,52,54)(H,55,59)(H,56,62). The summed E-state index contributed by atoms with van der Waals surface area (Å²) in [5.41, 5.74) is 7.40.